The van der Waals surface area contributed by atoms with Crippen LogP contribution in [0.25, 0.3) is 0 Å². The number of hydrogen-bond acceptors (Lipinski definition) is 1. The highest BCUT2D eigenvalue weighted by atomic mass is 16.1. The lowest BCUT2D eigenvalue weighted by molar-refractivity contribution is -0.117. The number of hydrogen-bond donors (Lipinski definition) is 1. The highest BCUT2D eigenvalue weighted by Crippen LogP contribution is 2.02. The molecule has 0 rings (SSSR count). The van der Waals surface area contributed by atoms with Gasteiger partial charge in [-0.15, -0.1) is 0 Å². The smallest absolute Gasteiger partial charge is 0.246 e. The van der Waals surface area contributed by atoms with E-state index in [1.807, 2.05) is 13.0 Å². The van der Waals surface area contributed by atoms with E-state index >= 15 is 0 Å². The first kappa shape index (κ1) is 12.2. The van der Waals surface area contributed by atoms with E-state index in [1.54, 1.807) is 0 Å². The van der Waals surface area contributed by atoms with Gasteiger partial charge in [0.05, 0.1) is 0 Å². The summed E-state index contributed by atoms with van der Waals surface area (Å²) in [5, 5.41) is 2.91. The molecule has 0 bridgehead atoms. The van der Waals surface area contributed by atoms with Crippen LogP contribution in [-0.2, 0) is 4.79 Å². The van der Waals surface area contributed by atoms with Crippen molar-refractivity contribution in [2.24, 2.45) is 0 Å². The van der Waals surface area contributed by atoms with Crippen LogP contribution in [0.2, 0.25) is 0 Å². The lowest BCUT2D eigenvalue weighted by Crippen LogP contribution is -2.25. The number of allylic oxidation sites excluding steroid dienone is 1. The highest BCUT2D eigenvalue weighted by molar-refractivity contribution is 5.93. The summed E-state index contributed by atoms with van der Waals surface area (Å²) in [4.78, 5) is 11.5. The highest BCUT2D eigenvalue weighted by Gasteiger charge is 2.04. The zero-order valence-corrected chi connectivity index (χ0v) is 9.02. The molecule has 0 saturated carbocycles. The van der Waals surface area contributed by atoms with E-state index in [4.69, 9.17) is 0 Å². The van der Waals surface area contributed by atoms with Gasteiger partial charge in [0.2, 0.25) is 5.91 Å². The minimum absolute atomic E-state index is 0.109. The Morgan fingerprint density at radius 2 is 2.00 bits per heavy atom. The van der Waals surface area contributed by atoms with Gasteiger partial charge in [-0.3, -0.25) is 4.79 Å². The number of nitrogens with one attached hydrogen (secondary N) is 1. The zero-order valence-electron chi connectivity index (χ0n) is 9.02. The van der Waals surface area contributed by atoms with E-state index in [0.29, 0.717) is 0 Å². The van der Waals surface area contributed by atoms with Crippen molar-refractivity contribution in [3.05, 3.63) is 11.6 Å². The predicted molar refractivity (Wildman–Crippen MR) is 56.6 cm³/mol. The molecule has 0 heterocycles. The Bertz CT molecular complexity index is 173. The molecule has 0 spiro atoms. The monoisotopic (exact) mass is 183 g/mol. The molecule has 0 aromatic carbocycles. The van der Waals surface area contributed by atoms with Crippen LogP contribution in [0.5, 0.6) is 0 Å². The summed E-state index contributed by atoms with van der Waals surface area (Å²) in [7, 11) is 0. The van der Waals surface area contributed by atoms with E-state index in [1.165, 1.54) is 0 Å². The Hall–Kier alpha value is -0.790. The molecule has 1 amide bonds. The van der Waals surface area contributed by atoms with E-state index < -0.39 is 0 Å². The van der Waals surface area contributed by atoms with Crippen LogP contribution in [-0.4, -0.2) is 12.5 Å². The molecule has 0 fully saturated rings. The Balaban J connectivity index is 3.85. The second-order valence-electron chi connectivity index (χ2n) is 3.10. The molecule has 13 heavy (non-hydrogen) atoms. The Labute approximate surface area is 81.4 Å². The molecule has 0 radical (unpaired) electrons. The SMILES string of the molecule is CC/C=C(\CC)C(=O)NCCCC. The molecular weight excluding hydrogens is 162 g/mol. The van der Waals surface area contributed by atoms with Gasteiger partial charge in [-0.05, 0) is 19.3 Å². The minimum Gasteiger partial charge on any atom is -0.352 e. The number of carbonyl (C=O) groups excluding carboxylic acids is 1. The third-order valence-electron chi connectivity index (χ3n) is 1.94. The van der Waals surface area contributed by atoms with Gasteiger partial charge in [-0.2, -0.15) is 0 Å². The molecule has 0 aliphatic rings. The standard InChI is InChI=1S/C11H21NO/c1-4-7-9-12-11(13)10(6-3)8-5-2/h8H,4-7,9H2,1-3H3,(H,12,13)/b10-8+. The van der Waals surface area contributed by atoms with Crippen molar-refractivity contribution >= 4 is 5.91 Å². The molecule has 0 aromatic rings. The summed E-state index contributed by atoms with van der Waals surface area (Å²) in [5.41, 5.74) is 0.915. The van der Waals surface area contributed by atoms with Gasteiger partial charge in [0.25, 0.3) is 0 Å². The number of amides is 1. The summed E-state index contributed by atoms with van der Waals surface area (Å²) in [6.07, 6.45) is 5.95. The Morgan fingerprint density at radius 3 is 2.46 bits per heavy atom. The van der Waals surface area contributed by atoms with Gasteiger partial charge in [0, 0.05) is 12.1 Å². The molecule has 0 atom stereocenters. The van der Waals surface area contributed by atoms with Crippen LogP contribution in [0.3, 0.4) is 0 Å². The fourth-order valence-electron chi connectivity index (χ4n) is 1.14. The zero-order chi connectivity index (χ0) is 10.1. The predicted octanol–water partition coefficient (Wildman–Crippen LogP) is 2.65. The third-order valence-corrected chi connectivity index (χ3v) is 1.94. The number of unbranched alkanes of at least 4 members (excludes halogenated alkanes) is 1. The van der Waals surface area contributed by atoms with Crippen LogP contribution in [0.1, 0.15) is 46.5 Å². The van der Waals surface area contributed by atoms with Crippen LogP contribution in [0.4, 0.5) is 0 Å². The maximum absolute atomic E-state index is 11.5. The fraction of sp³-hybridized carbons (Fsp3) is 0.727. The van der Waals surface area contributed by atoms with Crippen LogP contribution in [0, 0.1) is 0 Å². The second-order valence-corrected chi connectivity index (χ2v) is 3.10. The van der Waals surface area contributed by atoms with Gasteiger partial charge >= 0.3 is 0 Å². The van der Waals surface area contributed by atoms with E-state index in [0.717, 1.165) is 37.8 Å². The van der Waals surface area contributed by atoms with Crippen molar-refractivity contribution in [3.8, 4) is 0 Å². The van der Waals surface area contributed by atoms with Crippen LogP contribution in [0.15, 0.2) is 11.6 Å². The molecule has 0 saturated heterocycles. The molecule has 0 aliphatic heterocycles. The van der Waals surface area contributed by atoms with Crippen molar-refractivity contribution in [3.63, 3.8) is 0 Å². The lowest BCUT2D eigenvalue weighted by Gasteiger charge is -2.05. The second kappa shape index (κ2) is 7.84. The molecule has 0 aliphatic carbocycles. The van der Waals surface area contributed by atoms with Crippen molar-refractivity contribution in [2.75, 3.05) is 6.54 Å². The van der Waals surface area contributed by atoms with Crippen molar-refractivity contribution in [1.29, 1.82) is 0 Å². The fourth-order valence-corrected chi connectivity index (χ4v) is 1.14. The normalized spacial score (nSPS) is 11.5. The topological polar surface area (TPSA) is 29.1 Å². The average Bonchev–Trinajstić information content (AvgIpc) is 2.14. The Kier molecular flexibility index (Phi) is 7.36. The van der Waals surface area contributed by atoms with E-state index in [-0.39, 0.29) is 5.91 Å². The average molecular weight is 183 g/mol. The third kappa shape index (κ3) is 5.45. The first-order chi connectivity index (χ1) is 6.26. The van der Waals surface area contributed by atoms with Crippen molar-refractivity contribution < 1.29 is 4.79 Å². The summed E-state index contributed by atoms with van der Waals surface area (Å²) in [6.45, 7) is 6.99. The molecule has 76 valence electrons. The van der Waals surface area contributed by atoms with Crippen LogP contribution >= 0.6 is 0 Å². The van der Waals surface area contributed by atoms with E-state index in [2.05, 4.69) is 19.2 Å². The number of carbonyl (C=O) groups is 1. The first-order valence-electron chi connectivity index (χ1n) is 5.23. The van der Waals surface area contributed by atoms with Gasteiger partial charge in [0.1, 0.15) is 0 Å². The van der Waals surface area contributed by atoms with Gasteiger partial charge < -0.3 is 5.32 Å². The summed E-state index contributed by atoms with van der Waals surface area (Å²) >= 11 is 0. The van der Waals surface area contributed by atoms with Gasteiger partial charge in [0.15, 0.2) is 0 Å². The number of rotatable bonds is 6. The summed E-state index contributed by atoms with van der Waals surface area (Å²) < 4.78 is 0. The molecule has 1 N–H and O–H groups in total. The maximum Gasteiger partial charge on any atom is 0.246 e. The van der Waals surface area contributed by atoms with Crippen LogP contribution < -0.4 is 5.32 Å². The van der Waals surface area contributed by atoms with Crippen molar-refractivity contribution in [1.82, 2.24) is 5.32 Å². The van der Waals surface area contributed by atoms with Crippen molar-refractivity contribution in [2.45, 2.75) is 46.5 Å². The molecule has 0 aromatic heterocycles. The Morgan fingerprint density at radius 1 is 1.31 bits per heavy atom. The van der Waals surface area contributed by atoms with Gasteiger partial charge in [-0.25, -0.2) is 0 Å². The quantitative estimate of drug-likeness (QED) is 0.498. The first-order valence-corrected chi connectivity index (χ1v) is 5.23. The molecule has 2 heteroatoms. The van der Waals surface area contributed by atoms with Gasteiger partial charge in [-0.1, -0.05) is 33.3 Å². The molecule has 2 nitrogen and oxygen atoms in total. The maximum atomic E-state index is 11.5. The lowest BCUT2D eigenvalue weighted by atomic mass is 10.1. The molecular formula is C11H21NO. The summed E-state index contributed by atoms with van der Waals surface area (Å²) in [6, 6.07) is 0. The molecule has 0 unspecified atom stereocenters. The van der Waals surface area contributed by atoms with E-state index in [9.17, 15) is 4.79 Å². The minimum atomic E-state index is 0.109. The largest absolute Gasteiger partial charge is 0.352 e. The summed E-state index contributed by atoms with van der Waals surface area (Å²) in [5.74, 6) is 0.109.